The number of ether oxygens (including phenoxy) is 1. The lowest BCUT2D eigenvalue weighted by Crippen LogP contribution is -2.29. The lowest BCUT2D eigenvalue weighted by atomic mass is 9.96. The van der Waals surface area contributed by atoms with Gasteiger partial charge in [-0.1, -0.05) is 12.1 Å². The van der Waals surface area contributed by atoms with E-state index in [0.29, 0.717) is 5.11 Å². The van der Waals surface area contributed by atoms with Crippen molar-refractivity contribution in [3.05, 3.63) is 107 Å². The van der Waals surface area contributed by atoms with Gasteiger partial charge in [0.15, 0.2) is 5.11 Å². The van der Waals surface area contributed by atoms with Crippen molar-refractivity contribution in [1.82, 2.24) is 14.9 Å². The smallest absolute Gasteiger partial charge is 0.174 e. The van der Waals surface area contributed by atoms with E-state index >= 15 is 0 Å². The molecule has 0 spiro atoms. The summed E-state index contributed by atoms with van der Waals surface area (Å²) in [6.45, 7) is 4.15. The van der Waals surface area contributed by atoms with Gasteiger partial charge in [0.1, 0.15) is 11.6 Å². The number of aromatic nitrogens is 2. The zero-order valence-corrected chi connectivity index (χ0v) is 20.0. The van der Waals surface area contributed by atoms with Crippen LogP contribution in [0.25, 0.3) is 5.69 Å². The van der Waals surface area contributed by atoms with E-state index in [1.165, 1.54) is 12.1 Å². The van der Waals surface area contributed by atoms with Crippen LogP contribution in [0.4, 0.5) is 10.1 Å². The van der Waals surface area contributed by atoms with Crippen molar-refractivity contribution < 1.29 is 9.13 Å². The molecule has 3 heterocycles. The Hall–Kier alpha value is -3.71. The SMILES string of the molecule is COc1cccc(N2C(=S)NC(c3ccccn3)C2c2cc(C)n(-c3ccc(F)cc3)c2C)c1. The first-order valence-corrected chi connectivity index (χ1v) is 11.5. The number of hydrogen-bond acceptors (Lipinski definition) is 3. The summed E-state index contributed by atoms with van der Waals surface area (Å²) in [6, 6.07) is 22.3. The van der Waals surface area contributed by atoms with Crippen LogP contribution < -0.4 is 15.0 Å². The zero-order valence-electron chi connectivity index (χ0n) is 19.2. The summed E-state index contributed by atoms with van der Waals surface area (Å²) in [4.78, 5) is 6.77. The van der Waals surface area contributed by atoms with E-state index in [0.717, 1.165) is 39.8 Å². The molecule has 1 aliphatic heterocycles. The van der Waals surface area contributed by atoms with Crippen LogP contribution >= 0.6 is 12.2 Å². The van der Waals surface area contributed by atoms with E-state index in [1.807, 2.05) is 42.5 Å². The maximum atomic E-state index is 13.6. The van der Waals surface area contributed by atoms with Crippen molar-refractivity contribution in [2.24, 2.45) is 0 Å². The van der Waals surface area contributed by atoms with E-state index in [-0.39, 0.29) is 17.9 Å². The van der Waals surface area contributed by atoms with Gasteiger partial charge in [0.05, 0.1) is 24.9 Å². The third-order valence-electron chi connectivity index (χ3n) is 6.30. The van der Waals surface area contributed by atoms with E-state index < -0.39 is 0 Å². The lowest BCUT2D eigenvalue weighted by Gasteiger charge is -2.28. The number of pyridine rings is 1. The molecule has 5 rings (SSSR count). The summed E-state index contributed by atoms with van der Waals surface area (Å²) < 4.78 is 21.2. The monoisotopic (exact) mass is 472 g/mol. The highest BCUT2D eigenvalue weighted by molar-refractivity contribution is 7.80. The Labute approximate surface area is 203 Å². The first-order chi connectivity index (χ1) is 16.5. The highest BCUT2D eigenvalue weighted by atomic mass is 32.1. The molecule has 2 aromatic heterocycles. The molecule has 1 fully saturated rings. The fourth-order valence-corrected chi connectivity index (χ4v) is 5.13. The van der Waals surface area contributed by atoms with Gasteiger partial charge in [0.25, 0.3) is 0 Å². The summed E-state index contributed by atoms with van der Waals surface area (Å²) in [5.74, 6) is 0.508. The van der Waals surface area contributed by atoms with Gasteiger partial charge in [0.2, 0.25) is 0 Å². The molecule has 7 heteroatoms. The van der Waals surface area contributed by atoms with Crippen LogP contribution in [-0.2, 0) is 0 Å². The number of hydrogen-bond donors (Lipinski definition) is 1. The van der Waals surface area contributed by atoms with Crippen molar-refractivity contribution in [3.8, 4) is 11.4 Å². The van der Waals surface area contributed by atoms with Crippen molar-refractivity contribution in [1.29, 1.82) is 0 Å². The molecule has 2 atom stereocenters. The fourth-order valence-electron chi connectivity index (χ4n) is 4.78. The Morgan fingerprint density at radius 2 is 1.76 bits per heavy atom. The molecule has 0 saturated carbocycles. The van der Waals surface area contributed by atoms with Crippen molar-refractivity contribution in [2.75, 3.05) is 12.0 Å². The summed E-state index contributed by atoms with van der Waals surface area (Å²) in [5, 5.41) is 4.13. The largest absolute Gasteiger partial charge is 0.497 e. The third-order valence-corrected chi connectivity index (χ3v) is 6.62. The normalized spacial score (nSPS) is 17.6. The summed E-state index contributed by atoms with van der Waals surface area (Å²) in [5.41, 5.74) is 6.00. The summed E-state index contributed by atoms with van der Waals surface area (Å²) in [6.07, 6.45) is 1.80. The number of methoxy groups -OCH3 is 1. The van der Waals surface area contributed by atoms with Crippen LogP contribution in [0.15, 0.2) is 79.0 Å². The number of rotatable bonds is 5. The zero-order chi connectivity index (χ0) is 23.8. The Kier molecular flexibility index (Phi) is 5.79. The number of nitrogens with zero attached hydrogens (tertiary/aromatic N) is 3. The van der Waals surface area contributed by atoms with Crippen molar-refractivity contribution in [2.45, 2.75) is 25.9 Å². The Balaban J connectivity index is 1.68. The van der Waals surface area contributed by atoms with Crippen LogP contribution in [0.2, 0.25) is 0 Å². The second-order valence-electron chi connectivity index (χ2n) is 8.34. The molecule has 2 aromatic carbocycles. The number of anilines is 1. The number of benzene rings is 2. The van der Waals surface area contributed by atoms with Gasteiger partial charge < -0.3 is 19.5 Å². The molecule has 5 nitrogen and oxygen atoms in total. The molecule has 0 aliphatic carbocycles. The maximum absolute atomic E-state index is 13.6. The molecule has 0 bridgehead atoms. The molecule has 0 amide bonds. The Morgan fingerprint density at radius 1 is 0.971 bits per heavy atom. The minimum Gasteiger partial charge on any atom is -0.497 e. The van der Waals surface area contributed by atoms with Crippen LogP contribution in [0.5, 0.6) is 5.75 Å². The molecule has 4 aromatic rings. The second-order valence-corrected chi connectivity index (χ2v) is 8.72. The fraction of sp³-hybridized carbons (Fsp3) is 0.185. The first-order valence-electron chi connectivity index (χ1n) is 11.1. The molecule has 172 valence electrons. The molecule has 1 aliphatic rings. The van der Waals surface area contributed by atoms with Gasteiger partial charge in [-0.25, -0.2) is 4.39 Å². The van der Waals surface area contributed by atoms with E-state index in [1.54, 1.807) is 25.4 Å². The standard InChI is InChI=1S/C27H25FN4OS/c1-17-15-23(18(2)31(17)20-12-10-19(28)11-13-20)26-25(24-9-4-5-14-29-24)30-27(34)32(26)21-7-6-8-22(16-21)33-3/h4-16,25-26H,1-3H3,(H,30,34). The number of nitrogens with one attached hydrogen (secondary N) is 1. The van der Waals surface area contributed by atoms with E-state index in [2.05, 4.69) is 39.7 Å². The molecule has 1 saturated heterocycles. The van der Waals surface area contributed by atoms with Crippen LogP contribution in [0, 0.1) is 19.7 Å². The Bertz CT molecular complexity index is 1340. The van der Waals surface area contributed by atoms with Gasteiger partial charge in [-0.3, -0.25) is 4.98 Å². The maximum Gasteiger partial charge on any atom is 0.174 e. The first kappa shape index (κ1) is 22.1. The number of aryl methyl sites for hydroxylation is 1. The number of halogens is 1. The van der Waals surface area contributed by atoms with Crippen molar-refractivity contribution in [3.63, 3.8) is 0 Å². The highest BCUT2D eigenvalue weighted by Gasteiger charge is 2.42. The summed E-state index contributed by atoms with van der Waals surface area (Å²) >= 11 is 5.84. The van der Waals surface area contributed by atoms with Gasteiger partial charge >= 0.3 is 0 Å². The average molecular weight is 473 g/mol. The van der Waals surface area contributed by atoms with E-state index in [4.69, 9.17) is 17.0 Å². The molecular weight excluding hydrogens is 447 g/mol. The number of thiocarbonyl (C=S) groups is 1. The van der Waals surface area contributed by atoms with Gasteiger partial charge in [0, 0.05) is 35.0 Å². The molecular formula is C27H25FN4OS. The predicted octanol–water partition coefficient (Wildman–Crippen LogP) is 5.81. The van der Waals surface area contributed by atoms with Gasteiger partial charge in [-0.2, -0.15) is 0 Å². The summed E-state index contributed by atoms with van der Waals surface area (Å²) in [7, 11) is 1.66. The van der Waals surface area contributed by atoms with Crippen LogP contribution in [-0.4, -0.2) is 21.8 Å². The lowest BCUT2D eigenvalue weighted by molar-refractivity contribution is 0.415. The minimum atomic E-state index is -0.254. The molecule has 34 heavy (non-hydrogen) atoms. The molecule has 1 N–H and O–H groups in total. The third kappa shape index (κ3) is 3.82. The van der Waals surface area contributed by atoms with Crippen molar-refractivity contribution >= 4 is 23.0 Å². The second kappa shape index (κ2) is 8.91. The minimum absolute atomic E-state index is 0.144. The predicted molar refractivity (Wildman–Crippen MR) is 136 cm³/mol. The van der Waals surface area contributed by atoms with Crippen LogP contribution in [0.3, 0.4) is 0 Å². The topological polar surface area (TPSA) is 42.3 Å². The Morgan fingerprint density at radius 3 is 2.47 bits per heavy atom. The molecule has 0 radical (unpaired) electrons. The van der Waals surface area contributed by atoms with Gasteiger partial charge in [-0.15, -0.1) is 0 Å². The highest BCUT2D eigenvalue weighted by Crippen LogP contribution is 2.44. The average Bonchev–Trinajstić information content (AvgIpc) is 3.35. The quantitative estimate of drug-likeness (QED) is 0.371. The van der Waals surface area contributed by atoms with Crippen LogP contribution in [0.1, 0.15) is 34.7 Å². The van der Waals surface area contributed by atoms with E-state index in [9.17, 15) is 4.39 Å². The van der Waals surface area contributed by atoms with Gasteiger partial charge in [-0.05, 0) is 86.2 Å². The molecule has 2 unspecified atom stereocenters.